The van der Waals surface area contributed by atoms with Gasteiger partial charge < -0.3 is 5.11 Å². The van der Waals surface area contributed by atoms with E-state index in [0.29, 0.717) is 5.92 Å². The van der Waals surface area contributed by atoms with Crippen molar-refractivity contribution in [1.82, 2.24) is 15.0 Å². The first-order chi connectivity index (χ1) is 13.0. The van der Waals surface area contributed by atoms with Crippen molar-refractivity contribution in [1.29, 1.82) is 0 Å². The van der Waals surface area contributed by atoms with Crippen LogP contribution in [0.4, 0.5) is 13.2 Å². The van der Waals surface area contributed by atoms with E-state index in [1.54, 1.807) is 0 Å². The van der Waals surface area contributed by atoms with E-state index in [9.17, 15) is 13.2 Å². The summed E-state index contributed by atoms with van der Waals surface area (Å²) in [5.41, 5.74) is 5.32. The molecule has 0 aliphatic carbocycles. The van der Waals surface area contributed by atoms with Crippen LogP contribution >= 0.6 is 0 Å². The molecular weight excluding hydrogens is 371 g/mol. The number of aliphatic carboxylic acids is 1. The average molecular weight is 391 g/mol. The number of hydrogen-bond donors (Lipinski definition) is 1. The zero-order valence-electron chi connectivity index (χ0n) is 15.9. The van der Waals surface area contributed by atoms with Crippen LogP contribution in [0.1, 0.15) is 36.8 Å². The number of alkyl halides is 3. The van der Waals surface area contributed by atoms with Crippen molar-refractivity contribution in [3.05, 3.63) is 53.6 Å². The lowest BCUT2D eigenvalue weighted by Gasteiger charge is -2.11. The predicted molar refractivity (Wildman–Crippen MR) is 100 cm³/mol. The van der Waals surface area contributed by atoms with Gasteiger partial charge in [-0.25, -0.2) is 14.8 Å². The second kappa shape index (κ2) is 8.33. The molecule has 0 radical (unpaired) electrons. The third-order valence-corrected chi connectivity index (χ3v) is 3.88. The van der Waals surface area contributed by atoms with E-state index in [0.717, 1.165) is 33.7 Å². The largest absolute Gasteiger partial charge is 0.490 e. The van der Waals surface area contributed by atoms with Gasteiger partial charge in [-0.2, -0.15) is 13.2 Å². The molecule has 0 saturated carbocycles. The third kappa shape index (κ3) is 5.03. The standard InChI is InChI=1S/C18H19N3.C2HF3O2/c1-11(2)18-20-13(4)10-16(21-18)14-8-7-12(3)17-15(14)6-5-9-19-17;3-2(4,5)1(6)7/h5-11H,1-4H3;(H,6,7). The maximum absolute atomic E-state index is 10.6. The van der Waals surface area contributed by atoms with Crippen LogP contribution in [-0.2, 0) is 4.79 Å². The van der Waals surface area contributed by atoms with Gasteiger partial charge in [0.15, 0.2) is 0 Å². The molecule has 28 heavy (non-hydrogen) atoms. The molecule has 0 fully saturated rings. The number of carboxylic acids is 1. The van der Waals surface area contributed by atoms with Crippen molar-refractivity contribution in [3.63, 3.8) is 0 Å². The van der Waals surface area contributed by atoms with Gasteiger partial charge in [0.2, 0.25) is 0 Å². The Morgan fingerprint density at radius 3 is 2.32 bits per heavy atom. The van der Waals surface area contributed by atoms with E-state index in [-0.39, 0.29) is 0 Å². The van der Waals surface area contributed by atoms with Crippen LogP contribution in [0.2, 0.25) is 0 Å². The van der Waals surface area contributed by atoms with Gasteiger partial charge in [0.25, 0.3) is 0 Å². The van der Waals surface area contributed by atoms with Crippen LogP contribution in [0.5, 0.6) is 0 Å². The molecule has 0 amide bonds. The van der Waals surface area contributed by atoms with Gasteiger partial charge in [0.05, 0.1) is 11.2 Å². The van der Waals surface area contributed by atoms with Crippen LogP contribution in [0, 0.1) is 13.8 Å². The summed E-state index contributed by atoms with van der Waals surface area (Å²) in [6.07, 6.45) is -3.25. The summed E-state index contributed by atoms with van der Waals surface area (Å²) >= 11 is 0. The first kappa shape index (κ1) is 21.3. The SMILES string of the molecule is Cc1cc(-c2ccc(C)c3ncccc23)nc(C(C)C)n1.O=C(O)C(F)(F)F. The second-order valence-electron chi connectivity index (χ2n) is 6.54. The van der Waals surface area contributed by atoms with E-state index in [2.05, 4.69) is 48.9 Å². The number of aromatic nitrogens is 3. The third-order valence-electron chi connectivity index (χ3n) is 3.88. The van der Waals surface area contributed by atoms with Gasteiger partial charge in [-0.05, 0) is 31.5 Å². The van der Waals surface area contributed by atoms with Crippen molar-refractivity contribution in [2.24, 2.45) is 0 Å². The Bertz CT molecular complexity index is 1000. The fourth-order valence-electron chi connectivity index (χ4n) is 2.52. The minimum absolute atomic E-state index is 0.318. The first-order valence-electron chi connectivity index (χ1n) is 8.51. The average Bonchev–Trinajstić information content (AvgIpc) is 2.61. The lowest BCUT2D eigenvalue weighted by atomic mass is 10.0. The normalized spacial score (nSPS) is 11.3. The summed E-state index contributed by atoms with van der Waals surface area (Å²) in [7, 11) is 0. The van der Waals surface area contributed by atoms with E-state index in [1.807, 2.05) is 25.3 Å². The van der Waals surface area contributed by atoms with Crippen molar-refractivity contribution < 1.29 is 23.1 Å². The predicted octanol–water partition coefficient (Wildman–Crippen LogP) is 5.07. The van der Waals surface area contributed by atoms with Crippen molar-refractivity contribution >= 4 is 16.9 Å². The Morgan fingerprint density at radius 1 is 1.11 bits per heavy atom. The van der Waals surface area contributed by atoms with E-state index < -0.39 is 12.1 Å². The topological polar surface area (TPSA) is 76.0 Å². The molecular formula is C20H20F3N3O2. The van der Waals surface area contributed by atoms with E-state index in [1.165, 1.54) is 5.56 Å². The van der Waals surface area contributed by atoms with Crippen LogP contribution in [0.25, 0.3) is 22.2 Å². The van der Waals surface area contributed by atoms with Gasteiger partial charge >= 0.3 is 12.1 Å². The Balaban J connectivity index is 0.000000345. The summed E-state index contributed by atoms with van der Waals surface area (Å²) < 4.78 is 31.7. The number of rotatable bonds is 2. The molecule has 0 saturated heterocycles. The Hall–Kier alpha value is -3.03. The molecule has 1 aromatic carbocycles. The number of fused-ring (bicyclic) bond motifs is 1. The van der Waals surface area contributed by atoms with Crippen molar-refractivity contribution in [3.8, 4) is 11.3 Å². The maximum Gasteiger partial charge on any atom is 0.490 e. The number of hydrogen-bond acceptors (Lipinski definition) is 4. The van der Waals surface area contributed by atoms with Crippen LogP contribution in [-0.4, -0.2) is 32.2 Å². The Morgan fingerprint density at radius 2 is 1.75 bits per heavy atom. The Kier molecular flexibility index (Phi) is 6.33. The van der Waals surface area contributed by atoms with Crippen molar-refractivity contribution in [2.75, 3.05) is 0 Å². The number of pyridine rings is 1. The molecule has 0 aliphatic heterocycles. The van der Waals surface area contributed by atoms with E-state index in [4.69, 9.17) is 14.9 Å². The Labute approximate surface area is 160 Å². The fraction of sp³-hybridized carbons (Fsp3) is 0.300. The number of nitrogens with zero attached hydrogens (tertiary/aromatic N) is 3. The van der Waals surface area contributed by atoms with Crippen LogP contribution in [0.3, 0.4) is 0 Å². The van der Waals surface area contributed by atoms with Crippen LogP contribution in [0.15, 0.2) is 36.5 Å². The zero-order valence-corrected chi connectivity index (χ0v) is 15.9. The molecule has 8 heteroatoms. The molecule has 2 heterocycles. The highest BCUT2D eigenvalue weighted by Gasteiger charge is 2.38. The van der Waals surface area contributed by atoms with Crippen molar-refractivity contribution in [2.45, 2.75) is 39.8 Å². The number of aryl methyl sites for hydroxylation is 2. The lowest BCUT2D eigenvalue weighted by molar-refractivity contribution is -0.192. The molecule has 0 atom stereocenters. The van der Waals surface area contributed by atoms with Gasteiger partial charge in [-0.15, -0.1) is 0 Å². The number of halogens is 3. The van der Waals surface area contributed by atoms with Gasteiger partial charge in [0, 0.05) is 28.8 Å². The highest BCUT2D eigenvalue weighted by atomic mass is 19.4. The minimum Gasteiger partial charge on any atom is -0.475 e. The molecule has 0 aliphatic rings. The molecule has 148 valence electrons. The molecule has 0 spiro atoms. The summed E-state index contributed by atoms with van der Waals surface area (Å²) in [6, 6.07) is 10.4. The highest BCUT2D eigenvalue weighted by Crippen LogP contribution is 2.29. The fourth-order valence-corrected chi connectivity index (χ4v) is 2.52. The summed E-state index contributed by atoms with van der Waals surface area (Å²) in [5.74, 6) is -1.55. The molecule has 1 N–H and O–H groups in total. The number of benzene rings is 1. The second-order valence-corrected chi connectivity index (χ2v) is 6.54. The molecule has 0 unspecified atom stereocenters. The molecule has 5 nitrogen and oxygen atoms in total. The number of carboxylic acid groups (broad SMARTS) is 1. The van der Waals surface area contributed by atoms with E-state index >= 15 is 0 Å². The highest BCUT2D eigenvalue weighted by molar-refractivity contribution is 5.95. The van der Waals surface area contributed by atoms with Gasteiger partial charge in [-0.3, -0.25) is 4.98 Å². The number of carbonyl (C=O) groups is 1. The first-order valence-corrected chi connectivity index (χ1v) is 8.51. The smallest absolute Gasteiger partial charge is 0.475 e. The molecule has 3 aromatic rings. The molecule has 3 rings (SSSR count). The molecule has 0 bridgehead atoms. The van der Waals surface area contributed by atoms with Gasteiger partial charge in [-0.1, -0.05) is 32.0 Å². The quantitative estimate of drug-likeness (QED) is 0.660. The monoisotopic (exact) mass is 391 g/mol. The maximum atomic E-state index is 10.6. The minimum atomic E-state index is -5.08. The lowest BCUT2D eigenvalue weighted by Crippen LogP contribution is -2.21. The van der Waals surface area contributed by atoms with Gasteiger partial charge in [0.1, 0.15) is 5.82 Å². The molecule has 2 aromatic heterocycles. The summed E-state index contributed by atoms with van der Waals surface area (Å²) in [4.78, 5) is 22.7. The summed E-state index contributed by atoms with van der Waals surface area (Å²) in [6.45, 7) is 8.34. The summed E-state index contributed by atoms with van der Waals surface area (Å²) in [5, 5.41) is 8.27. The van der Waals surface area contributed by atoms with Crippen LogP contribution < -0.4 is 0 Å². The zero-order chi connectivity index (χ0) is 21.1.